The topological polar surface area (TPSA) is 84.2 Å². The maximum atomic E-state index is 12.1. The van der Waals surface area contributed by atoms with Crippen LogP contribution in [-0.4, -0.2) is 26.8 Å². The van der Waals surface area contributed by atoms with Crippen LogP contribution in [0.15, 0.2) is 36.7 Å². The maximum absolute atomic E-state index is 12.1. The van der Waals surface area contributed by atoms with Crippen LogP contribution in [-0.2, 0) is 11.2 Å². The Balaban J connectivity index is 2.05. The Hall–Kier alpha value is -2.63. The number of nitrogens with zero attached hydrogens (tertiary/aromatic N) is 2. The third-order valence-corrected chi connectivity index (χ3v) is 3.25. The molecular formula is C15H17N3O3. The zero-order valence-corrected chi connectivity index (χ0v) is 11.9. The third-order valence-electron chi connectivity index (χ3n) is 3.25. The summed E-state index contributed by atoms with van der Waals surface area (Å²) in [4.78, 5) is 22.9. The second-order valence-electron chi connectivity index (χ2n) is 4.73. The lowest BCUT2D eigenvalue weighted by Crippen LogP contribution is -2.24. The Bertz CT molecular complexity index is 646. The lowest BCUT2D eigenvalue weighted by Gasteiger charge is -2.12. The first kappa shape index (κ1) is 14.8. The molecule has 0 saturated heterocycles. The molecule has 0 aliphatic carbocycles. The molecule has 1 amide bonds. The highest BCUT2D eigenvalue weighted by atomic mass is 16.4. The van der Waals surface area contributed by atoms with Gasteiger partial charge in [-0.1, -0.05) is 19.1 Å². The summed E-state index contributed by atoms with van der Waals surface area (Å²) in [6.07, 6.45) is 3.50. The van der Waals surface area contributed by atoms with Crippen LogP contribution in [0.2, 0.25) is 0 Å². The van der Waals surface area contributed by atoms with E-state index < -0.39 is 12.0 Å². The summed E-state index contributed by atoms with van der Waals surface area (Å²) >= 11 is 0. The van der Waals surface area contributed by atoms with Gasteiger partial charge in [-0.15, -0.1) is 0 Å². The normalized spacial score (nSPS) is 11.9. The Morgan fingerprint density at radius 2 is 2.00 bits per heavy atom. The number of benzene rings is 1. The molecule has 6 heteroatoms. The number of carboxylic acids is 1. The van der Waals surface area contributed by atoms with Crippen molar-refractivity contribution in [2.24, 2.45) is 0 Å². The maximum Gasteiger partial charge on any atom is 0.338 e. The van der Waals surface area contributed by atoms with Crippen LogP contribution in [0.1, 0.15) is 35.8 Å². The fourth-order valence-electron chi connectivity index (χ4n) is 1.85. The first-order valence-corrected chi connectivity index (χ1v) is 6.68. The zero-order valence-electron chi connectivity index (χ0n) is 11.9. The van der Waals surface area contributed by atoms with Gasteiger partial charge in [0.15, 0.2) is 0 Å². The van der Waals surface area contributed by atoms with Crippen LogP contribution >= 0.6 is 0 Å². The molecule has 0 saturated carbocycles. The number of aromatic nitrogens is 2. The summed E-state index contributed by atoms with van der Waals surface area (Å²) in [5.41, 5.74) is 1.95. The van der Waals surface area contributed by atoms with Crippen molar-refractivity contribution in [3.8, 4) is 0 Å². The number of amides is 1. The number of carbonyl (C=O) groups is 2. The molecule has 2 rings (SSSR count). The molecule has 6 nitrogen and oxygen atoms in total. The van der Waals surface area contributed by atoms with Gasteiger partial charge in [0, 0.05) is 11.9 Å². The van der Waals surface area contributed by atoms with Crippen molar-refractivity contribution in [1.29, 1.82) is 0 Å². The van der Waals surface area contributed by atoms with E-state index >= 15 is 0 Å². The molecule has 0 bridgehead atoms. The zero-order chi connectivity index (χ0) is 15.4. The van der Waals surface area contributed by atoms with E-state index in [1.807, 2.05) is 24.3 Å². The van der Waals surface area contributed by atoms with Gasteiger partial charge in [0.05, 0.1) is 11.8 Å². The average molecular weight is 287 g/mol. The first-order chi connectivity index (χ1) is 10.0. The summed E-state index contributed by atoms with van der Waals surface area (Å²) in [6, 6.07) is 7.00. The van der Waals surface area contributed by atoms with Gasteiger partial charge < -0.3 is 10.4 Å². The lowest BCUT2D eigenvalue weighted by molar-refractivity contribution is -0.119. The summed E-state index contributed by atoms with van der Waals surface area (Å²) in [7, 11) is 0. The Morgan fingerprint density at radius 3 is 2.52 bits per heavy atom. The minimum absolute atomic E-state index is 0.0574. The van der Waals surface area contributed by atoms with Gasteiger partial charge >= 0.3 is 5.97 Å². The predicted molar refractivity (Wildman–Crippen MR) is 78.3 cm³/mol. The number of aryl methyl sites for hydroxylation is 1. The molecule has 110 valence electrons. The van der Waals surface area contributed by atoms with Crippen molar-refractivity contribution in [3.63, 3.8) is 0 Å². The van der Waals surface area contributed by atoms with Gasteiger partial charge in [-0.2, -0.15) is 5.10 Å². The number of nitrogens with one attached hydrogen (secondary N) is 1. The van der Waals surface area contributed by atoms with Gasteiger partial charge in [-0.05, 0) is 31.0 Å². The summed E-state index contributed by atoms with van der Waals surface area (Å²) in [5.74, 6) is -1.32. The van der Waals surface area contributed by atoms with Gasteiger partial charge in [0.2, 0.25) is 5.91 Å². The van der Waals surface area contributed by atoms with Crippen molar-refractivity contribution in [2.75, 3.05) is 5.32 Å². The van der Waals surface area contributed by atoms with Crippen LogP contribution in [0, 0.1) is 0 Å². The van der Waals surface area contributed by atoms with Crippen LogP contribution in [0.25, 0.3) is 0 Å². The molecule has 1 heterocycles. The standard InChI is InChI=1S/C15H17N3O3/c1-3-11-4-6-13(7-5-11)17-14(19)10(2)18-9-12(8-16-18)15(20)21/h4-10H,3H2,1-2H3,(H,17,19)(H,20,21). The van der Waals surface area contributed by atoms with E-state index in [2.05, 4.69) is 17.3 Å². The molecule has 1 atom stereocenters. The molecule has 1 unspecified atom stereocenters. The Morgan fingerprint density at radius 1 is 1.33 bits per heavy atom. The quantitative estimate of drug-likeness (QED) is 0.884. The third kappa shape index (κ3) is 3.47. The SMILES string of the molecule is CCc1ccc(NC(=O)C(C)n2cc(C(=O)O)cn2)cc1. The molecule has 2 N–H and O–H groups in total. The fraction of sp³-hybridized carbons (Fsp3) is 0.267. The van der Waals surface area contributed by atoms with E-state index in [4.69, 9.17) is 5.11 Å². The van der Waals surface area contributed by atoms with E-state index in [1.54, 1.807) is 6.92 Å². The molecular weight excluding hydrogens is 270 g/mol. The highest BCUT2D eigenvalue weighted by molar-refractivity contribution is 5.93. The largest absolute Gasteiger partial charge is 0.478 e. The van der Waals surface area contributed by atoms with Crippen molar-refractivity contribution in [1.82, 2.24) is 9.78 Å². The van der Waals surface area contributed by atoms with Crippen molar-refractivity contribution in [3.05, 3.63) is 47.8 Å². The van der Waals surface area contributed by atoms with Crippen LogP contribution in [0.5, 0.6) is 0 Å². The molecule has 21 heavy (non-hydrogen) atoms. The van der Waals surface area contributed by atoms with Crippen molar-refractivity contribution < 1.29 is 14.7 Å². The highest BCUT2D eigenvalue weighted by Gasteiger charge is 2.17. The van der Waals surface area contributed by atoms with E-state index in [0.717, 1.165) is 6.42 Å². The molecule has 0 spiro atoms. The Labute approximate surface area is 122 Å². The van der Waals surface area contributed by atoms with Crippen molar-refractivity contribution in [2.45, 2.75) is 26.3 Å². The highest BCUT2D eigenvalue weighted by Crippen LogP contribution is 2.13. The summed E-state index contributed by atoms with van der Waals surface area (Å²) in [6.45, 7) is 3.72. The van der Waals surface area contributed by atoms with E-state index in [1.165, 1.54) is 22.6 Å². The first-order valence-electron chi connectivity index (χ1n) is 6.68. The van der Waals surface area contributed by atoms with Gasteiger partial charge in [0.25, 0.3) is 0 Å². The van der Waals surface area contributed by atoms with E-state index in [-0.39, 0.29) is 11.5 Å². The van der Waals surface area contributed by atoms with Gasteiger partial charge in [-0.25, -0.2) is 4.79 Å². The average Bonchev–Trinajstić information content (AvgIpc) is 2.97. The molecule has 1 aromatic heterocycles. The lowest BCUT2D eigenvalue weighted by atomic mass is 10.1. The number of aromatic carboxylic acids is 1. The predicted octanol–water partition coefficient (Wildman–Crippen LogP) is 2.34. The number of carboxylic acid groups (broad SMARTS) is 1. The summed E-state index contributed by atoms with van der Waals surface area (Å²) in [5, 5.41) is 15.5. The molecule has 0 fully saturated rings. The van der Waals surface area contributed by atoms with Gasteiger partial charge in [-0.3, -0.25) is 9.48 Å². The number of hydrogen-bond acceptors (Lipinski definition) is 3. The smallest absolute Gasteiger partial charge is 0.338 e. The minimum atomic E-state index is -1.07. The molecule has 1 aromatic carbocycles. The number of rotatable bonds is 5. The fourth-order valence-corrected chi connectivity index (χ4v) is 1.85. The van der Waals surface area contributed by atoms with Crippen LogP contribution in [0.4, 0.5) is 5.69 Å². The van der Waals surface area contributed by atoms with E-state index in [0.29, 0.717) is 5.69 Å². The van der Waals surface area contributed by atoms with Crippen molar-refractivity contribution >= 4 is 17.6 Å². The molecule has 0 radical (unpaired) electrons. The van der Waals surface area contributed by atoms with E-state index in [9.17, 15) is 9.59 Å². The number of anilines is 1. The Kier molecular flexibility index (Phi) is 4.37. The van der Waals surface area contributed by atoms with Crippen LogP contribution < -0.4 is 5.32 Å². The monoisotopic (exact) mass is 287 g/mol. The summed E-state index contributed by atoms with van der Waals surface area (Å²) < 4.78 is 1.33. The number of hydrogen-bond donors (Lipinski definition) is 2. The molecule has 2 aromatic rings. The second kappa shape index (κ2) is 6.21. The van der Waals surface area contributed by atoms with Crippen LogP contribution in [0.3, 0.4) is 0 Å². The van der Waals surface area contributed by atoms with Gasteiger partial charge in [0.1, 0.15) is 6.04 Å². The second-order valence-corrected chi connectivity index (χ2v) is 4.73. The molecule has 0 aliphatic rings. The molecule has 0 aliphatic heterocycles. The number of carbonyl (C=O) groups excluding carboxylic acids is 1. The minimum Gasteiger partial charge on any atom is -0.478 e.